The van der Waals surface area contributed by atoms with E-state index in [-0.39, 0.29) is 11.0 Å². The first-order chi connectivity index (χ1) is 5.06. The molecule has 4 heteroatoms. The van der Waals surface area contributed by atoms with E-state index in [9.17, 15) is 4.79 Å². The van der Waals surface area contributed by atoms with Gasteiger partial charge in [-0.25, -0.2) is 0 Å². The highest BCUT2D eigenvalue weighted by molar-refractivity contribution is 5.11. The standard InChI is InChI=1S/C7H13N3O/c1-7(2,4-8)5-3-6(11)10-9-5/h3H,4,8H2,1-2H3,(H2,9,10,11). The zero-order chi connectivity index (χ0) is 8.48. The molecule has 1 heterocycles. The van der Waals surface area contributed by atoms with Gasteiger partial charge in [0.15, 0.2) is 0 Å². The molecular weight excluding hydrogens is 142 g/mol. The summed E-state index contributed by atoms with van der Waals surface area (Å²) in [4.78, 5) is 10.7. The lowest BCUT2D eigenvalue weighted by Crippen LogP contribution is -2.28. The van der Waals surface area contributed by atoms with Crippen LogP contribution in [0.5, 0.6) is 0 Å². The molecule has 0 aliphatic rings. The van der Waals surface area contributed by atoms with Crippen LogP contribution in [0.4, 0.5) is 0 Å². The Morgan fingerprint density at radius 1 is 1.55 bits per heavy atom. The van der Waals surface area contributed by atoms with Gasteiger partial charge < -0.3 is 10.8 Å². The average molecular weight is 155 g/mol. The molecule has 0 unspecified atom stereocenters. The molecule has 0 saturated heterocycles. The normalized spacial score (nSPS) is 11.9. The van der Waals surface area contributed by atoms with Gasteiger partial charge in [0.25, 0.3) is 5.56 Å². The molecule has 0 atom stereocenters. The predicted molar refractivity (Wildman–Crippen MR) is 43.5 cm³/mol. The van der Waals surface area contributed by atoms with E-state index in [1.807, 2.05) is 13.8 Å². The fraction of sp³-hybridized carbons (Fsp3) is 0.571. The van der Waals surface area contributed by atoms with Crippen molar-refractivity contribution in [1.82, 2.24) is 10.2 Å². The first-order valence-electron chi connectivity index (χ1n) is 3.54. The van der Waals surface area contributed by atoms with Gasteiger partial charge in [-0.15, -0.1) is 0 Å². The second-order valence-electron chi connectivity index (χ2n) is 3.26. The summed E-state index contributed by atoms with van der Waals surface area (Å²) >= 11 is 0. The van der Waals surface area contributed by atoms with Gasteiger partial charge in [0, 0.05) is 23.7 Å². The fourth-order valence-electron chi connectivity index (χ4n) is 0.807. The number of nitrogens with two attached hydrogens (primary N) is 1. The summed E-state index contributed by atoms with van der Waals surface area (Å²) in [6.07, 6.45) is 0. The lowest BCUT2D eigenvalue weighted by molar-refractivity contribution is 0.520. The number of hydrogen-bond acceptors (Lipinski definition) is 2. The molecule has 1 rings (SSSR count). The summed E-state index contributed by atoms with van der Waals surface area (Å²) in [5.74, 6) is 0. The van der Waals surface area contributed by atoms with Crippen LogP contribution in [0.25, 0.3) is 0 Å². The molecule has 0 aliphatic carbocycles. The van der Waals surface area contributed by atoms with Crippen molar-refractivity contribution in [2.45, 2.75) is 19.3 Å². The van der Waals surface area contributed by atoms with Gasteiger partial charge in [-0.1, -0.05) is 13.8 Å². The van der Waals surface area contributed by atoms with E-state index in [0.29, 0.717) is 6.54 Å². The maximum atomic E-state index is 10.7. The molecule has 0 saturated carbocycles. The molecule has 1 aromatic rings. The smallest absolute Gasteiger partial charge is 0.264 e. The Bertz CT molecular complexity index is 284. The van der Waals surface area contributed by atoms with Crippen LogP contribution in [0.3, 0.4) is 0 Å². The summed E-state index contributed by atoms with van der Waals surface area (Å²) in [6, 6.07) is 1.53. The molecule has 0 spiro atoms. The second-order valence-corrected chi connectivity index (χ2v) is 3.26. The molecule has 4 nitrogen and oxygen atoms in total. The van der Waals surface area contributed by atoms with Crippen molar-refractivity contribution in [3.8, 4) is 0 Å². The van der Waals surface area contributed by atoms with E-state index < -0.39 is 0 Å². The van der Waals surface area contributed by atoms with E-state index >= 15 is 0 Å². The first-order valence-corrected chi connectivity index (χ1v) is 3.54. The molecule has 0 fully saturated rings. The maximum absolute atomic E-state index is 10.7. The molecule has 0 aromatic carbocycles. The Balaban J connectivity index is 3.01. The van der Waals surface area contributed by atoms with Gasteiger partial charge in [0.1, 0.15) is 0 Å². The number of nitrogens with one attached hydrogen (secondary N) is 2. The van der Waals surface area contributed by atoms with Gasteiger partial charge in [-0.3, -0.25) is 9.89 Å². The Hall–Kier alpha value is -1.03. The summed E-state index contributed by atoms with van der Waals surface area (Å²) < 4.78 is 0. The van der Waals surface area contributed by atoms with Crippen LogP contribution < -0.4 is 11.3 Å². The highest BCUT2D eigenvalue weighted by Gasteiger charge is 2.19. The summed E-state index contributed by atoms with van der Waals surface area (Å²) in [7, 11) is 0. The quantitative estimate of drug-likeness (QED) is 0.559. The Morgan fingerprint density at radius 2 is 2.18 bits per heavy atom. The average Bonchev–Trinajstić information content (AvgIpc) is 2.36. The number of aromatic amines is 2. The van der Waals surface area contributed by atoms with Gasteiger partial charge in [-0.05, 0) is 0 Å². The molecule has 1 aromatic heterocycles. The monoisotopic (exact) mass is 155 g/mol. The van der Waals surface area contributed by atoms with Crippen molar-refractivity contribution < 1.29 is 0 Å². The molecule has 62 valence electrons. The lowest BCUT2D eigenvalue weighted by Gasteiger charge is -2.19. The SMILES string of the molecule is CC(C)(CN)c1cc(=O)[nH][nH]1. The Labute approximate surface area is 64.8 Å². The van der Waals surface area contributed by atoms with Crippen LogP contribution >= 0.6 is 0 Å². The van der Waals surface area contributed by atoms with Crippen LogP contribution in [0.2, 0.25) is 0 Å². The fourth-order valence-corrected chi connectivity index (χ4v) is 0.807. The lowest BCUT2D eigenvalue weighted by atomic mass is 9.90. The number of H-pyrrole nitrogens is 2. The first kappa shape index (κ1) is 8.07. The van der Waals surface area contributed by atoms with E-state index in [1.165, 1.54) is 6.07 Å². The van der Waals surface area contributed by atoms with Crippen molar-refractivity contribution in [3.63, 3.8) is 0 Å². The zero-order valence-corrected chi connectivity index (χ0v) is 6.77. The minimum absolute atomic E-state index is 0.110. The molecule has 0 aliphatic heterocycles. The van der Waals surface area contributed by atoms with Crippen molar-refractivity contribution in [1.29, 1.82) is 0 Å². The molecule has 0 bridgehead atoms. The predicted octanol–water partition coefficient (Wildman–Crippen LogP) is -0.0607. The minimum Gasteiger partial charge on any atom is -0.330 e. The van der Waals surface area contributed by atoms with Crippen molar-refractivity contribution in [2.24, 2.45) is 5.73 Å². The molecule has 0 amide bonds. The molecule has 0 radical (unpaired) electrons. The number of hydrogen-bond donors (Lipinski definition) is 3. The van der Waals surface area contributed by atoms with Crippen molar-refractivity contribution >= 4 is 0 Å². The molecular formula is C7H13N3O. The summed E-state index contributed by atoms with van der Waals surface area (Å²) in [5, 5.41) is 5.25. The number of aromatic nitrogens is 2. The second kappa shape index (κ2) is 2.54. The van der Waals surface area contributed by atoms with Crippen LogP contribution in [0.15, 0.2) is 10.9 Å². The van der Waals surface area contributed by atoms with Crippen LogP contribution in [-0.4, -0.2) is 16.7 Å². The van der Waals surface area contributed by atoms with E-state index in [4.69, 9.17) is 5.73 Å². The number of rotatable bonds is 2. The maximum Gasteiger partial charge on any atom is 0.264 e. The van der Waals surface area contributed by atoms with E-state index in [2.05, 4.69) is 10.2 Å². The molecule has 4 N–H and O–H groups in total. The van der Waals surface area contributed by atoms with Crippen molar-refractivity contribution in [2.75, 3.05) is 6.54 Å². The van der Waals surface area contributed by atoms with Gasteiger partial charge in [0.05, 0.1) is 0 Å². The third-order valence-corrected chi connectivity index (χ3v) is 1.84. The third kappa shape index (κ3) is 1.51. The highest BCUT2D eigenvalue weighted by atomic mass is 16.1. The topological polar surface area (TPSA) is 74.7 Å². The van der Waals surface area contributed by atoms with Gasteiger partial charge in [-0.2, -0.15) is 0 Å². The van der Waals surface area contributed by atoms with Crippen LogP contribution in [-0.2, 0) is 5.41 Å². The Kier molecular flexibility index (Phi) is 1.87. The third-order valence-electron chi connectivity index (χ3n) is 1.84. The summed E-state index contributed by atoms with van der Waals surface area (Å²) in [5.41, 5.74) is 6.10. The molecule has 11 heavy (non-hydrogen) atoms. The van der Waals surface area contributed by atoms with E-state index in [0.717, 1.165) is 5.69 Å². The van der Waals surface area contributed by atoms with Gasteiger partial charge in [0.2, 0.25) is 0 Å². The highest BCUT2D eigenvalue weighted by Crippen LogP contribution is 2.16. The van der Waals surface area contributed by atoms with Crippen LogP contribution in [0.1, 0.15) is 19.5 Å². The minimum atomic E-state index is -0.154. The van der Waals surface area contributed by atoms with Gasteiger partial charge >= 0.3 is 0 Å². The largest absolute Gasteiger partial charge is 0.330 e. The van der Waals surface area contributed by atoms with E-state index in [1.54, 1.807) is 0 Å². The van der Waals surface area contributed by atoms with Crippen LogP contribution in [0, 0.1) is 0 Å². The van der Waals surface area contributed by atoms with Crippen molar-refractivity contribution in [3.05, 3.63) is 22.1 Å². The zero-order valence-electron chi connectivity index (χ0n) is 6.77. The summed E-state index contributed by atoms with van der Waals surface area (Å²) in [6.45, 7) is 4.47. The Morgan fingerprint density at radius 3 is 2.55 bits per heavy atom.